The Morgan fingerprint density at radius 3 is 2.44 bits per heavy atom. The summed E-state index contributed by atoms with van der Waals surface area (Å²) in [4.78, 5) is 43.6. The molecule has 2 aromatic heterocycles. The molecular weight excluding hydrogens is 743 g/mol. The van der Waals surface area contributed by atoms with Gasteiger partial charge in [-0.1, -0.05) is 66.5 Å². The van der Waals surface area contributed by atoms with E-state index < -0.39 is 5.97 Å². The van der Waals surface area contributed by atoms with Crippen LogP contribution in [0.5, 0.6) is 17.6 Å². The average Bonchev–Trinajstić information content (AvgIpc) is 3.79. The van der Waals surface area contributed by atoms with Gasteiger partial charge >= 0.3 is 5.97 Å². The van der Waals surface area contributed by atoms with Gasteiger partial charge in [-0.05, 0) is 55.6 Å². The second-order valence-electron chi connectivity index (χ2n) is 15.3. The molecule has 2 atom stereocenters. The predicted octanol–water partition coefficient (Wildman–Crippen LogP) is 6.80. The second kappa shape index (κ2) is 15.9. The lowest BCUT2D eigenvalue weighted by Crippen LogP contribution is -2.60. The molecule has 290 valence electrons. The minimum atomic E-state index is -0.774. The first-order chi connectivity index (χ1) is 26.4. The van der Waals surface area contributed by atoms with Gasteiger partial charge in [0.1, 0.15) is 16.8 Å². The van der Waals surface area contributed by atoms with E-state index in [-0.39, 0.29) is 29.2 Å². The second-order valence-corrected chi connectivity index (χ2v) is 16.0. The van der Waals surface area contributed by atoms with E-state index in [2.05, 4.69) is 33.8 Å². The highest BCUT2D eigenvalue weighted by Crippen LogP contribution is 2.45. The van der Waals surface area contributed by atoms with Crippen molar-refractivity contribution >= 4 is 35.1 Å². The Labute approximate surface area is 331 Å². The number of aromatic nitrogens is 3. The van der Waals surface area contributed by atoms with E-state index >= 15 is 0 Å². The molecule has 2 fully saturated rings. The van der Waals surface area contributed by atoms with Gasteiger partial charge in [-0.25, -0.2) is 4.98 Å². The van der Waals surface area contributed by atoms with Gasteiger partial charge in [-0.3, -0.25) is 24.4 Å². The zero-order valence-corrected chi connectivity index (χ0v) is 33.3. The normalized spacial score (nSPS) is 18.9. The van der Waals surface area contributed by atoms with Crippen molar-refractivity contribution in [3.63, 3.8) is 0 Å². The number of hydrogen-bond donors (Lipinski definition) is 1. The monoisotopic (exact) mass is 788 g/mol. The molecule has 2 saturated heterocycles. The lowest BCUT2D eigenvalue weighted by Gasteiger charge is -2.49. The lowest BCUT2D eigenvalue weighted by molar-refractivity contribution is -0.141. The number of carbonyl (C=O) groups is 2. The Balaban J connectivity index is 1.08. The maximum atomic E-state index is 11.7. The largest absolute Gasteiger partial charge is 0.481 e. The quantitative estimate of drug-likeness (QED) is 0.154. The molecule has 1 aliphatic carbocycles. The number of pyridine rings is 1. The van der Waals surface area contributed by atoms with Crippen LogP contribution in [0.25, 0.3) is 22.4 Å². The summed E-state index contributed by atoms with van der Waals surface area (Å²) < 4.78 is 17.8. The Bertz CT molecular complexity index is 2110. The van der Waals surface area contributed by atoms with Crippen LogP contribution in [0, 0.1) is 11.3 Å². The maximum absolute atomic E-state index is 11.7. The molecule has 3 aliphatic rings. The van der Waals surface area contributed by atoms with Gasteiger partial charge in [0.25, 0.3) is 0 Å². The van der Waals surface area contributed by atoms with E-state index in [4.69, 9.17) is 47.4 Å². The number of hydrogen-bond acceptors (Lipinski definition) is 10. The number of methoxy groups -OCH3 is 2. The van der Waals surface area contributed by atoms with Crippen molar-refractivity contribution < 1.29 is 28.9 Å². The van der Waals surface area contributed by atoms with Crippen LogP contribution < -0.4 is 14.2 Å². The highest BCUT2D eigenvalue weighted by atomic mass is 35.5. The Kier molecular flexibility index (Phi) is 11.2. The van der Waals surface area contributed by atoms with Crippen molar-refractivity contribution in [2.75, 3.05) is 54.0 Å². The van der Waals surface area contributed by atoms with Gasteiger partial charge in [-0.15, -0.1) is 0 Å². The fraction of sp³-hybridized carbons (Fsp3) is 0.439. The molecule has 0 radical (unpaired) electrons. The lowest BCUT2D eigenvalue weighted by atomic mass is 9.81. The molecule has 0 saturated carbocycles. The number of amides is 1. The van der Waals surface area contributed by atoms with E-state index in [1.165, 1.54) is 0 Å². The van der Waals surface area contributed by atoms with Crippen molar-refractivity contribution in [2.24, 2.45) is 11.3 Å². The number of rotatable bonds is 13. The van der Waals surface area contributed by atoms with Crippen LogP contribution in [-0.2, 0) is 29.1 Å². The van der Waals surface area contributed by atoms with Crippen LogP contribution in [0.1, 0.15) is 55.2 Å². The first-order valence-electron chi connectivity index (χ1n) is 18.5. The summed E-state index contributed by atoms with van der Waals surface area (Å²) in [7, 11) is 5.19. The first kappa shape index (κ1) is 38.8. The number of aliphatic carboxylic acids is 1. The van der Waals surface area contributed by atoms with Gasteiger partial charge in [0.05, 0.1) is 37.1 Å². The van der Waals surface area contributed by atoms with Crippen LogP contribution in [0.2, 0.25) is 10.0 Å². The maximum Gasteiger partial charge on any atom is 0.307 e. The summed E-state index contributed by atoms with van der Waals surface area (Å²) in [5.74, 6) is 0.0855. The summed E-state index contributed by atoms with van der Waals surface area (Å²) in [6, 6.07) is 13.9. The Hall–Kier alpha value is -4.49. The molecule has 1 amide bonds. The van der Waals surface area contributed by atoms with Gasteiger partial charge in [-0.2, -0.15) is 4.98 Å². The number of nitrogens with zero attached hydrogens (tertiary/aromatic N) is 6. The van der Waals surface area contributed by atoms with Gasteiger partial charge in [0, 0.05) is 68.3 Å². The summed E-state index contributed by atoms with van der Waals surface area (Å²) in [5.41, 5.74) is 6.96. The number of ether oxygens (including phenoxy) is 3. The molecule has 12 nitrogen and oxygen atoms in total. The Morgan fingerprint density at radius 2 is 1.73 bits per heavy atom. The van der Waals surface area contributed by atoms with E-state index in [0.29, 0.717) is 60.1 Å². The Morgan fingerprint density at radius 1 is 1.00 bits per heavy atom. The molecule has 0 spiro atoms. The summed E-state index contributed by atoms with van der Waals surface area (Å²) in [5, 5.41) is 10.3. The van der Waals surface area contributed by atoms with Crippen molar-refractivity contribution in [3.05, 3.63) is 81.1 Å². The number of likely N-dealkylation sites (tertiary alicyclic amines) is 2. The summed E-state index contributed by atoms with van der Waals surface area (Å²) in [6.45, 7) is 8.29. The van der Waals surface area contributed by atoms with E-state index in [0.717, 1.165) is 71.6 Å². The standard InChI is InChI=1S/C41H46Cl2N6O6/c1-24(50)49-22-41(2,23-49)21-47(3)20-34-39(54-5)45-33(17-44-34)31-11-7-10-30(36(31)43)27-8-6-9-29-28(27)12-13-35(29)55-38-32(42)16-26(37(46-38)53-4)19-48-15-14-25(18-48)40(51)52/h6-11,16-17,25,35H,12-15,18-23H2,1-5H3,(H,51,52)/t25-,35+/m1/s1. The van der Waals surface area contributed by atoms with E-state index in [1.54, 1.807) is 33.4 Å². The van der Waals surface area contributed by atoms with E-state index in [9.17, 15) is 14.7 Å². The predicted molar refractivity (Wildman–Crippen MR) is 210 cm³/mol. The van der Waals surface area contributed by atoms with Crippen LogP contribution in [0.3, 0.4) is 0 Å². The average molecular weight is 790 g/mol. The molecule has 1 N–H and O–H groups in total. The molecule has 0 bridgehead atoms. The molecule has 2 aromatic carbocycles. The number of carboxylic acid groups (broad SMARTS) is 1. The molecule has 14 heteroatoms. The highest BCUT2D eigenvalue weighted by molar-refractivity contribution is 6.36. The number of benzene rings is 2. The topological polar surface area (TPSA) is 130 Å². The minimum absolute atomic E-state index is 0.0343. The molecule has 4 aromatic rings. The molecule has 7 rings (SSSR count). The summed E-state index contributed by atoms with van der Waals surface area (Å²) in [6.07, 6.45) is 3.56. The zero-order chi connectivity index (χ0) is 39.0. The highest BCUT2D eigenvalue weighted by Gasteiger charge is 2.41. The number of carboxylic acids is 1. The number of fused-ring (bicyclic) bond motifs is 1. The molecule has 2 aliphatic heterocycles. The smallest absolute Gasteiger partial charge is 0.307 e. The van der Waals surface area contributed by atoms with Gasteiger partial charge in [0.2, 0.25) is 23.5 Å². The fourth-order valence-electron chi connectivity index (χ4n) is 8.31. The molecule has 0 unspecified atom stereocenters. The van der Waals surface area contributed by atoms with Crippen LogP contribution in [-0.4, -0.2) is 101 Å². The van der Waals surface area contributed by atoms with Crippen molar-refractivity contribution in [1.82, 2.24) is 29.7 Å². The molecular formula is C41H46Cl2N6O6. The molecule has 55 heavy (non-hydrogen) atoms. The van der Waals surface area contributed by atoms with Crippen molar-refractivity contribution in [3.8, 4) is 40.0 Å². The van der Waals surface area contributed by atoms with Crippen molar-refractivity contribution in [1.29, 1.82) is 0 Å². The fourth-order valence-corrected chi connectivity index (χ4v) is 8.85. The minimum Gasteiger partial charge on any atom is -0.481 e. The number of halogens is 2. The third-order valence-electron chi connectivity index (χ3n) is 10.9. The third-order valence-corrected chi connectivity index (χ3v) is 11.6. The zero-order valence-electron chi connectivity index (χ0n) is 31.8. The van der Waals surface area contributed by atoms with Gasteiger partial charge in [0.15, 0.2) is 0 Å². The van der Waals surface area contributed by atoms with E-state index in [1.807, 2.05) is 36.2 Å². The van der Waals surface area contributed by atoms with Crippen LogP contribution in [0.15, 0.2) is 48.7 Å². The number of carbonyl (C=O) groups excluding carboxylic acids is 1. The first-order valence-corrected chi connectivity index (χ1v) is 19.2. The van der Waals surface area contributed by atoms with Gasteiger partial charge < -0.3 is 24.2 Å². The summed E-state index contributed by atoms with van der Waals surface area (Å²) >= 11 is 13.9. The van der Waals surface area contributed by atoms with Crippen molar-refractivity contribution in [2.45, 2.75) is 52.3 Å². The third kappa shape index (κ3) is 8.09. The van der Waals surface area contributed by atoms with Crippen LogP contribution >= 0.6 is 23.2 Å². The SMILES string of the molecule is COc1nc(O[C@H]2CCc3c(-c4cccc(-c5cnc(CN(C)CC6(C)CN(C(C)=O)C6)c(OC)n5)c4Cl)cccc32)c(Cl)cc1CN1CC[C@@H](C(=O)O)C1. The van der Waals surface area contributed by atoms with Crippen LogP contribution in [0.4, 0.5) is 0 Å². The molecule has 4 heterocycles.